The Balaban J connectivity index is 2.11. The summed E-state index contributed by atoms with van der Waals surface area (Å²) in [6.45, 7) is 12.1. The zero-order chi connectivity index (χ0) is 14.4. The average molecular weight is 271 g/mol. The van der Waals surface area contributed by atoms with Crippen LogP contribution in [-0.2, 0) is 0 Å². The van der Waals surface area contributed by atoms with Gasteiger partial charge in [0.2, 0.25) is 0 Å². The van der Waals surface area contributed by atoms with Gasteiger partial charge in [-0.1, -0.05) is 18.2 Å². The lowest BCUT2D eigenvalue weighted by molar-refractivity contribution is -0.179. The molecule has 1 heteroatoms. The monoisotopic (exact) mass is 271 g/mol. The van der Waals surface area contributed by atoms with E-state index >= 15 is 0 Å². The Morgan fingerprint density at radius 1 is 0.800 bits per heavy atom. The van der Waals surface area contributed by atoms with E-state index in [-0.39, 0.29) is 16.4 Å². The largest absolute Gasteiger partial charge is 0.324 e. The molecule has 0 atom stereocenters. The Hall–Kier alpha value is -0.820. The van der Waals surface area contributed by atoms with Gasteiger partial charge in [-0.25, -0.2) is 0 Å². The summed E-state index contributed by atoms with van der Waals surface area (Å²) in [4.78, 5) is 0. The van der Waals surface area contributed by atoms with E-state index in [0.29, 0.717) is 0 Å². The van der Waals surface area contributed by atoms with Crippen LogP contribution in [0, 0.1) is 22.7 Å². The van der Waals surface area contributed by atoms with Gasteiger partial charge in [0.05, 0.1) is 0 Å². The second-order valence-corrected chi connectivity index (χ2v) is 7.79. The fraction of sp³-hybridized carbons (Fsp3) is 0.684. The molecule has 4 saturated carbocycles. The quantitative estimate of drug-likeness (QED) is 0.701. The maximum Gasteiger partial charge on any atom is 0.0309 e. The summed E-state index contributed by atoms with van der Waals surface area (Å²) < 4.78 is 0. The van der Waals surface area contributed by atoms with Crippen molar-refractivity contribution in [3.8, 4) is 0 Å². The molecular formula is C19H29N. The Morgan fingerprint density at radius 3 is 1.55 bits per heavy atom. The van der Waals surface area contributed by atoms with Crippen LogP contribution in [0.15, 0.2) is 38.0 Å². The summed E-state index contributed by atoms with van der Waals surface area (Å²) >= 11 is 0. The standard InChI is InChI=1S/C19H29N/c1-4-7-17-11-15-10-16(12-17)14-18(13-15,8-5-2)19(17,20)9-6-3/h4-6,15-16H,1-3,7-14,20H2. The lowest BCUT2D eigenvalue weighted by Gasteiger charge is -2.72. The summed E-state index contributed by atoms with van der Waals surface area (Å²) in [5.41, 5.74) is 7.58. The molecule has 4 aliphatic rings. The van der Waals surface area contributed by atoms with Crippen LogP contribution in [0.1, 0.15) is 51.4 Å². The zero-order valence-electron chi connectivity index (χ0n) is 12.7. The highest BCUT2D eigenvalue weighted by atomic mass is 14.9. The highest BCUT2D eigenvalue weighted by Crippen LogP contribution is 2.72. The number of hydrogen-bond donors (Lipinski definition) is 1. The molecule has 0 unspecified atom stereocenters. The maximum absolute atomic E-state index is 7.18. The minimum Gasteiger partial charge on any atom is -0.324 e. The van der Waals surface area contributed by atoms with Gasteiger partial charge in [0.25, 0.3) is 0 Å². The van der Waals surface area contributed by atoms with Gasteiger partial charge >= 0.3 is 0 Å². The highest BCUT2D eigenvalue weighted by Gasteiger charge is 2.68. The van der Waals surface area contributed by atoms with E-state index in [2.05, 4.69) is 38.0 Å². The van der Waals surface area contributed by atoms with Crippen molar-refractivity contribution in [3.05, 3.63) is 38.0 Å². The van der Waals surface area contributed by atoms with Crippen LogP contribution in [0.3, 0.4) is 0 Å². The van der Waals surface area contributed by atoms with Gasteiger partial charge in [-0.3, -0.25) is 0 Å². The number of nitrogens with two attached hydrogens (primary N) is 1. The topological polar surface area (TPSA) is 26.0 Å². The minimum absolute atomic E-state index is 0.114. The number of hydrogen-bond acceptors (Lipinski definition) is 1. The third-order valence-electron chi connectivity index (χ3n) is 6.81. The van der Waals surface area contributed by atoms with Crippen LogP contribution in [0.25, 0.3) is 0 Å². The van der Waals surface area contributed by atoms with Crippen LogP contribution in [0.5, 0.6) is 0 Å². The van der Waals surface area contributed by atoms with Gasteiger partial charge in [-0.2, -0.15) is 0 Å². The van der Waals surface area contributed by atoms with Crippen molar-refractivity contribution in [2.24, 2.45) is 28.4 Å². The first-order valence-electron chi connectivity index (χ1n) is 8.16. The van der Waals surface area contributed by atoms with Gasteiger partial charge in [0.15, 0.2) is 0 Å². The lowest BCUT2D eigenvalue weighted by atomic mass is 9.35. The third kappa shape index (κ3) is 1.59. The number of allylic oxidation sites excluding steroid dienone is 2. The van der Waals surface area contributed by atoms with Crippen molar-refractivity contribution < 1.29 is 0 Å². The SMILES string of the molecule is C=CCC12CC3CC(C1)CC(CC=C)(C3)C2(N)CC=C. The van der Waals surface area contributed by atoms with Gasteiger partial charge < -0.3 is 5.73 Å². The summed E-state index contributed by atoms with van der Waals surface area (Å²) in [5.74, 6) is 1.76. The molecule has 0 amide bonds. The van der Waals surface area contributed by atoms with Crippen LogP contribution in [-0.4, -0.2) is 5.54 Å². The first-order valence-corrected chi connectivity index (χ1v) is 8.16. The molecule has 20 heavy (non-hydrogen) atoms. The maximum atomic E-state index is 7.18. The summed E-state index contributed by atoms with van der Waals surface area (Å²) in [6.07, 6.45) is 16.0. The Bertz CT molecular complexity index is 389. The molecule has 4 rings (SSSR count). The van der Waals surface area contributed by atoms with Crippen LogP contribution < -0.4 is 5.73 Å². The van der Waals surface area contributed by atoms with Crippen LogP contribution >= 0.6 is 0 Å². The molecule has 2 N–H and O–H groups in total. The van der Waals surface area contributed by atoms with E-state index in [4.69, 9.17) is 5.73 Å². The Labute approximate surface area is 124 Å². The van der Waals surface area contributed by atoms with E-state index in [9.17, 15) is 0 Å². The normalized spacial score (nSPS) is 49.0. The fourth-order valence-electron chi connectivity index (χ4n) is 6.53. The smallest absolute Gasteiger partial charge is 0.0309 e. The van der Waals surface area contributed by atoms with Crippen LogP contribution in [0.4, 0.5) is 0 Å². The molecule has 0 radical (unpaired) electrons. The predicted octanol–water partition coefficient (Wildman–Crippen LogP) is 4.61. The molecule has 4 aliphatic carbocycles. The highest BCUT2D eigenvalue weighted by molar-refractivity contribution is 5.25. The van der Waals surface area contributed by atoms with Crippen molar-refractivity contribution in [2.45, 2.75) is 56.9 Å². The zero-order valence-corrected chi connectivity index (χ0v) is 12.7. The molecule has 0 aliphatic heterocycles. The molecule has 0 aromatic heterocycles. The summed E-state index contributed by atoms with van der Waals surface area (Å²) in [7, 11) is 0. The predicted molar refractivity (Wildman–Crippen MR) is 86.3 cm³/mol. The molecule has 4 fully saturated rings. The van der Waals surface area contributed by atoms with Gasteiger partial charge in [0, 0.05) is 5.54 Å². The molecular weight excluding hydrogens is 242 g/mol. The number of rotatable bonds is 6. The lowest BCUT2D eigenvalue weighted by Crippen LogP contribution is -2.74. The second kappa shape index (κ2) is 4.59. The van der Waals surface area contributed by atoms with E-state index in [0.717, 1.165) is 31.1 Å². The molecule has 0 aromatic carbocycles. The summed E-state index contributed by atoms with van der Waals surface area (Å²) in [6, 6.07) is 0. The summed E-state index contributed by atoms with van der Waals surface area (Å²) in [5, 5.41) is 0. The van der Waals surface area contributed by atoms with Crippen molar-refractivity contribution in [3.63, 3.8) is 0 Å². The first kappa shape index (κ1) is 14.1. The first-order chi connectivity index (χ1) is 9.55. The Morgan fingerprint density at radius 2 is 1.20 bits per heavy atom. The van der Waals surface area contributed by atoms with E-state index in [1.54, 1.807) is 0 Å². The molecule has 0 heterocycles. The molecule has 0 spiro atoms. The van der Waals surface area contributed by atoms with Gasteiger partial charge in [-0.05, 0) is 74.0 Å². The van der Waals surface area contributed by atoms with E-state index in [1.807, 2.05) is 0 Å². The van der Waals surface area contributed by atoms with Gasteiger partial charge in [-0.15, -0.1) is 19.7 Å². The fourth-order valence-corrected chi connectivity index (χ4v) is 6.53. The van der Waals surface area contributed by atoms with Crippen molar-refractivity contribution >= 4 is 0 Å². The molecule has 0 aromatic rings. The van der Waals surface area contributed by atoms with Crippen molar-refractivity contribution in [1.82, 2.24) is 0 Å². The van der Waals surface area contributed by atoms with E-state index in [1.165, 1.54) is 32.1 Å². The minimum atomic E-state index is -0.114. The average Bonchev–Trinajstić information content (AvgIpc) is 2.36. The molecule has 110 valence electrons. The molecule has 1 nitrogen and oxygen atoms in total. The van der Waals surface area contributed by atoms with Crippen molar-refractivity contribution in [2.75, 3.05) is 0 Å². The van der Waals surface area contributed by atoms with Crippen LogP contribution in [0.2, 0.25) is 0 Å². The third-order valence-corrected chi connectivity index (χ3v) is 6.81. The van der Waals surface area contributed by atoms with Gasteiger partial charge in [0.1, 0.15) is 0 Å². The second-order valence-electron chi connectivity index (χ2n) is 7.79. The molecule has 0 saturated heterocycles. The van der Waals surface area contributed by atoms with Crippen molar-refractivity contribution in [1.29, 1.82) is 0 Å². The molecule has 4 bridgehead atoms. The van der Waals surface area contributed by atoms with E-state index < -0.39 is 0 Å². The Kier molecular flexibility index (Phi) is 3.25.